The minimum absolute atomic E-state index is 0.279. The maximum atomic E-state index is 12.9. The number of amides is 1. The molecule has 0 radical (unpaired) electrons. The first-order valence-corrected chi connectivity index (χ1v) is 10.7. The van der Waals surface area contributed by atoms with Crippen LogP contribution in [0.2, 0.25) is 0 Å². The van der Waals surface area contributed by atoms with E-state index in [0.29, 0.717) is 25.1 Å². The Kier molecular flexibility index (Phi) is 4.52. The van der Waals surface area contributed by atoms with Crippen LogP contribution in [0.4, 0.5) is 5.69 Å². The summed E-state index contributed by atoms with van der Waals surface area (Å²) in [6, 6.07) is 16.1. The highest BCUT2D eigenvalue weighted by Gasteiger charge is 2.39. The number of carbonyl (C=O) groups is 1. The number of hydrogen-bond acceptors (Lipinski definition) is 4. The van der Waals surface area contributed by atoms with E-state index in [1.807, 2.05) is 42.5 Å². The number of carbonyl (C=O) groups excluding carboxylic acids is 1. The monoisotopic (exact) mass is 386 g/mol. The summed E-state index contributed by atoms with van der Waals surface area (Å²) in [6.07, 6.45) is 1.21. The third kappa shape index (κ3) is 3.02. The summed E-state index contributed by atoms with van der Waals surface area (Å²) in [5, 5.41) is 6.63. The van der Waals surface area contributed by atoms with Crippen LogP contribution in [0.25, 0.3) is 10.8 Å². The summed E-state index contributed by atoms with van der Waals surface area (Å²) in [6.45, 7) is 0.369. The highest BCUT2D eigenvalue weighted by molar-refractivity contribution is 7.91. The molecule has 134 valence electrons. The predicted molar refractivity (Wildman–Crippen MR) is 104 cm³/mol. The Morgan fingerprint density at radius 3 is 2.69 bits per heavy atom. The van der Waals surface area contributed by atoms with Gasteiger partial charge in [0.1, 0.15) is 10.3 Å². The Morgan fingerprint density at radius 2 is 1.88 bits per heavy atom. The summed E-state index contributed by atoms with van der Waals surface area (Å²) < 4.78 is 27.3. The molecule has 0 unspecified atom stereocenters. The number of benzene rings is 2. The summed E-state index contributed by atoms with van der Waals surface area (Å²) in [5.41, 5.74) is 0.702. The van der Waals surface area contributed by atoms with Gasteiger partial charge in [-0.3, -0.25) is 4.79 Å². The van der Waals surface area contributed by atoms with Crippen LogP contribution in [-0.2, 0) is 14.8 Å². The Bertz CT molecular complexity index is 1040. The molecule has 1 N–H and O–H groups in total. The average molecular weight is 386 g/mol. The molecule has 5 nitrogen and oxygen atoms in total. The van der Waals surface area contributed by atoms with Gasteiger partial charge in [0.2, 0.25) is 5.91 Å². The topological polar surface area (TPSA) is 66.5 Å². The van der Waals surface area contributed by atoms with Gasteiger partial charge in [0.05, 0.1) is 0 Å². The number of rotatable bonds is 4. The summed E-state index contributed by atoms with van der Waals surface area (Å²) in [5.74, 6) is -0.279. The number of sulfonamides is 1. The van der Waals surface area contributed by atoms with Gasteiger partial charge in [0.15, 0.2) is 0 Å². The average Bonchev–Trinajstić information content (AvgIpc) is 3.34. The fourth-order valence-corrected chi connectivity index (χ4v) is 6.14. The SMILES string of the molecule is O=C(Nc1cccc2ccccc12)[C@H]1CCCN1S(=O)(=O)c1cccs1. The molecule has 1 saturated heterocycles. The number of anilines is 1. The van der Waals surface area contributed by atoms with Crippen LogP contribution < -0.4 is 5.32 Å². The molecule has 26 heavy (non-hydrogen) atoms. The van der Waals surface area contributed by atoms with Gasteiger partial charge < -0.3 is 5.32 Å². The van der Waals surface area contributed by atoms with Crippen molar-refractivity contribution in [3.8, 4) is 0 Å². The molecule has 1 aliphatic heterocycles. The number of nitrogens with zero attached hydrogens (tertiary/aromatic N) is 1. The molecule has 3 aromatic rings. The third-order valence-electron chi connectivity index (χ3n) is 4.61. The molecule has 0 saturated carbocycles. The van der Waals surface area contributed by atoms with Crippen molar-refractivity contribution in [2.24, 2.45) is 0 Å². The summed E-state index contributed by atoms with van der Waals surface area (Å²) >= 11 is 1.17. The van der Waals surface area contributed by atoms with Crippen LogP contribution in [0.15, 0.2) is 64.2 Å². The highest BCUT2D eigenvalue weighted by atomic mass is 32.2. The minimum atomic E-state index is -3.63. The molecule has 1 fully saturated rings. The normalized spacial score (nSPS) is 18.2. The van der Waals surface area contributed by atoms with E-state index in [4.69, 9.17) is 0 Å². The largest absolute Gasteiger partial charge is 0.324 e. The van der Waals surface area contributed by atoms with Crippen LogP contribution >= 0.6 is 11.3 Å². The van der Waals surface area contributed by atoms with E-state index < -0.39 is 16.1 Å². The highest BCUT2D eigenvalue weighted by Crippen LogP contribution is 2.30. The Balaban J connectivity index is 1.61. The molecule has 0 aliphatic carbocycles. The van der Waals surface area contributed by atoms with E-state index in [9.17, 15) is 13.2 Å². The summed E-state index contributed by atoms with van der Waals surface area (Å²) in [4.78, 5) is 12.9. The number of thiophene rings is 1. The number of nitrogens with one attached hydrogen (secondary N) is 1. The van der Waals surface area contributed by atoms with Crippen LogP contribution in [-0.4, -0.2) is 31.2 Å². The van der Waals surface area contributed by atoms with E-state index in [-0.39, 0.29) is 10.1 Å². The molecule has 2 aromatic carbocycles. The van der Waals surface area contributed by atoms with Gasteiger partial charge in [-0.25, -0.2) is 8.42 Å². The lowest BCUT2D eigenvalue weighted by molar-refractivity contribution is -0.119. The number of fused-ring (bicyclic) bond motifs is 1. The lowest BCUT2D eigenvalue weighted by Crippen LogP contribution is -2.42. The molecule has 0 spiro atoms. The van der Waals surface area contributed by atoms with Gasteiger partial charge in [0, 0.05) is 17.6 Å². The Morgan fingerprint density at radius 1 is 1.08 bits per heavy atom. The van der Waals surface area contributed by atoms with E-state index in [0.717, 1.165) is 10.8 Å². The van der Waals surface area contributed by atoms with Crippen molar-refractivity contribution in [1.29, 1.82) is 0 Å². The van der Waals surface area contributed by atoms with E-state index in [1.165, 1.54) is 15.6 Å². The lowest BCUT2D eigenvalue weighted by atomic mass is 10.1. The van der Waals surface area contributed by atoms with Crippen molar-refractivity contribution in [3.63, 3.8) is 0 Å². The van der Waals surface area contributed by atoms with E-state index in [2.05, 4.69) is 5.32 Å². The van der Waals surface area contributed by atoms with Gasteiger partial charge in [0.25, 0.3) is 10.0 Å². The van der Waals surface area contributed by atoms with Gasteiger partial charge >= 0.3 is 0 Å². The smallest absolute Gasteiger partial charge is 0.253 e. The van der Waals surface area contributed by atoms with Crippen molar-refractivity contribution in [2.75, 3.05) is 11.9 Å². The van der Waals surface area contributed by atoms with Crippen molar-refractivity contribution >= 4 is 43.7 Å². The van der Waals surface area contributed by atoms with Gasteiger partial charge in [-0.2, -0.15) is 4.31 Å². The van der Waals surface area contributed by atoms with E-state index in [1.54, 1.807) is 17.5 Å². The molecular formula is C19H18N2O3S2. The first kappa shape index (κ1) is 17.2. The fraction of sp³-hybridized carbons (Fsp3) is 0.211. The first-order valence-electron chi connectivity index (χ1n) is 8.41. The number of hydrogen-bond donors (Lipinski definition) is 1. The predicted octanol–water partition coefficient (Wildman–Crippen LogP) is 3.69. The maximum Gasteiger partial charge on any atom is 0.253 e. The van der Waals surface area contributed by atoms with Crippen LogP contribution in [0, 0.1) is 0 Å². The van der Waals surface area contributed by atoms with Crippen molar-refractivity contribution in [3.05, 3.63) is 60.0 Å². The lowest BCUT2D eigenvalue weighted by Gasteiger charge is -2.23. The molecular weight excluding hydrogens is 368 g/mol. The van der Waals surface area contributed by atoms with Crippen molar-refractivity contribution < 1.29 is 13.2 Å². The molecule has 7 heteroatoms. The third-order valence-corrected chi connectivity index (χ3v) is 7.89. The molecule has 1 aromatic heterocycles. The quantitative estimate of drug-likeness (QED) is 0.744. The molecule has 1 amide bonds. The van der Waals surface area contributed by atoms with Crippen molar-refractivity contribution in [1.82, 2.24) is 4.31 Å². The van der Waals surface area contributed by atoms with Crippen molar-refractivity contribution in [2.45, 2.75) is 23.1 Å². The second-order valence-corrected chi connectivity index (χ2v) is 9.29. The zero-order valence-electron chi connectivity index (χ0n) is 14.0. The Labute approximate surface area is 156 Å². The van der Waals surface area contributed by atoms with E-state index >= 15 is 0 Å². The van der Waals surface area contributed by atoms with Crippen LogP contribution in [0.5, 0.6) is 0 Å². The minimum Gasteiger partial charge on any atom is -0.324 e. The standard InChI is InChI=1S/C19H18N2O3S2/c22-19(20-16-9-3-7-14-6-1-2-8-15(14)16)17-10-4-12-21(17)26(23,24)18-11-5-13-25-18/h1-3,5-9,11,13,17H,4,10,12H2,(H,20,22)/t17-/m1/s1. The fourth-order valence-electron chi connectivity index (χ4n) is 3.37. The first-order chi connectivity index (χ1) is 12.6. The van der Waals surface area contributed by atoms with Crippen LogP contribution in [0.3, 0.4) is 0 Å². The van der Waals surface area contributed by atoms with Gasteiger partial charge in [-0.15, -0.1) is 11.3 Å². The molecule has 4 rings (SSSR count). The Hall–Kier alpha value is -2.22. The van der Waals surface area contributed by atoms with Gasteiger partial charge in [-0.05, 0) is 35.7 Å². The molecule has 2 heterocycles. The molecule has 1 atom stereocenters. The molecule has 0 bridgehead atoms. The van der Waals surface area contributed by atoms with Gasteiger partial charge in [-0.1, -0.05) is 42.5 Å². The second-order valence-electron chi connectivity index (χ2n) is 6.22. The summed E-state index contributed by atoms with van der Waals surface area (Å²) in [7, 11) is -3.63. The maximum absolute atomic E-state index is 12.9. The van der Waals surface area contributed by atoms with Crippen LogP contribution in [0.1, 0.15) is 12.8 Å². The zero-order chi connectivity index (χ0) is 18.1. The second kappa shape index (κ2) is 6.83. The molecule has 1 aliphatic rings. The zero-order valence-corrected chi connectivity index (χ0v) is 15.6.